The van der Waals surface area contributed by atoms with Crippen molar-refractivity contribution in [3.05, 3.63) is 71.3 Å². The lowest BCUT2D eigenvalue weighted by Crippen LogP contribution is -2.42. The van der Waals surface area contributed by atoms with E-state index in [1.54, 1.807) is 0 Å². The number of carbonyl (C=O) groups excluding carboxylic acids is 1. The van der Waals surface area contributed by atoms with Crippen molar-refractivity contribution >= 4 is 5.91 Å². The van der Waals surface area contributed by atoms with Gasteiger partial charge in [-0.1, -0.05) is 60.2 Å². The van der Waals surface area contributed by atoms with Crippen molar-refractivity contribution in [2.24, 2.45) is 5.92 Å². The van der Waals surface area contributed by atoms with Gasteiger partial charge in [0.25, 0.3) is 0 Å². The number of hydrogen-bond donors (Lipinski definition) is 1. The fourth-order valence-corrected chi connectivity index (χ4v) is 3.49. The van der Waals surface area contributed by atoms with Gasteiger partial charge in [0, 0.05) is 6.54 Å². The summed E-state index contributed by atoms with van der Waals surface area (Å²) < 4.78 is 0. The van der Waals surface area contributed by atoms with E-state index in [1.165, 1.54) is 5.56 Å². The molecule has 0 aliphatic carbocycles. The smallest absolute Gasteiger partial charge is 0.225 e. The van der Waals surface area contributed by atoms with Crippen LogP contribution in [0.25, 0.3) is 0 Å². The largest absolute Gasteiger partial charge is 0.345 e. The van der Waals surface area contributed by atoms with Crippen LogP contribution in [-0.4, -0.2) is 30.9 Å². The predicted molar refractivity (Wildman–Crippen MR) is 97.8 cm³/mol. The molecule has 0 radical (unpaired) electrons. The maximum atomic E-state index is 12.8. The van der Waals surface area contributed by atoms with E-state index in [4.69, 9.17) is 0 Å². The summed E-state index contributed by atoms with van der Waals surface area (Å²) in [6.07, 6.45) is 2.07. The Hall–Kier alpha value is -2.13. The molecule has 1 fully saturated rings. The first-order chi connectivity index (χ1) is 11.6. The minimum absolute atomic E-state index is 0.0831. The molecule has 3 rings (SSSR count). The molecule has 0 spiro atoms. The summed E-state index contributed by atoms with van der Waals surface area (Å²) in [5.41, 5.74) is 3.47. The molecule has 126 valence electrons. The van der Waals surface area contributed by atoms with Crippen LogP contribution in [0.2, 0.25) is 0 Å². The minimum Gasteiger partial charge on any atom is -0.345 e. The van der Waals surface area contributed by atoms with E-state index in [0.717, 1.165) is 37.1 Å². The van der Waals surface area contributed by atoms with Gasteiger partial charge in [0.2, 0.25) is 5.91 Å². The molecule has 0 saturated carbocycles. The van der Waals surface area contributed by atoms with E-state index in [9.17, 15) is 4.79 Å². The highest BCUT2D eigenvalue weighted by atomic mass is 16.2. The maximum absolute atomic E-state index is 12.8. The summed E-state index contributed by atoms with van der Waals surface area (Å²) in [6, 6.07) is 18.5. The third-order valence-electron chi connectivity index (χ3n) is 4.79. The summed E-state index contributed by atoms with van der Waals surface area (Å²) in [5.74, 6) is 0.247. The molecule has 1 N–H and O–H groups in total. The molecule has 1 aliphatic heterocycles. The average molecular weight is 322 g/mol. The molecular formula is C21H26N2O. The van der Waals surface area contributed by atoms with Crippen LogP contribution in [-0.2, 0) is 4.79 Å². The number of nitrogens with zero attached hydrogens (tertiary/aromatic N) is 1. The van der Waals surface area contributed by atoms with E-state index in [2.05, 4.69) is 60.6 Å². The molecule has 0 bridgehead atoms. The number of nitrogens with one attached hydrogen (secondary N) is 1. The molecule has 1 aliphatic rings. The van der Waals surface area contributed by atoms with Crippen molar-refractivity contribution in [3.63, 3.8) is 0 Å². The average Bonchev–Trinajstić information content (AvgIpc) is 2.60. The Bertz CT molecular complexity index is 683. The van der Waals surface area contributed by atoms with Gasteiger partial charge in [-0.2, -0.15) is 0 Å². The Morgan fingerprint density at radius 3 is 2.58 bits per heavy atom. The Morgan fingerprint density at radius 2 is 1.88 bits per heavy atom. The second-order valence-electron chi connectivity index (χ2n) is 6.87. The van der Waals surface area contributed by atoms with Crippen molar-refractivity contribution in [1.29, 1.82) is 0 Å². The quantitative estimate of drug-likeness (QED) is 0.934. The monoisotopic (exact) mass is 322 g/mol. The Balaban J connectivity index is 1.84. The van der Waals surface area contributed by atoms with Crippen LogP contribution < -0.4 is 5.32 Å². The van der Waals surface area contributed by atoms with Crippen molar-refractivity contribution in [3.8, 4) is 0 Å². The topological polar surface area (TPSA) is 32.3 Å². The molecular weight excluding hydrogens is 296 g/mol. The second-order valence-corrected chi connectivity index (χ2v) is 6.87. The van der Waals surface area contributed by atoms with Crippen LogP contribution in [0.4, 0.5) is 0 Å². The van der Waals surface area contributed by atoms with Gasteiger partial charge in [0.1, 0.15) is 0 Å². The van der Waals surface area contributed by atoms with Gasteiger partial charge in [-0.3, -0.25) is 4.79 Å². The van der Waals surface area contributed by atoms with Gasteiger partial charge in [-0.05, 0) is 44.5 Å². The molecule has 2 atom stereocenters. The highest BCUT2D eigenvalue weighted by molar-refractivity contribution is 5.80. The molecule has 1 heterocycles. The lowest BCUT2D eigenvalue weighted by molar-refractivity contribution is -0.127. The molecule has 0 unspecified atom stereocenters. The molecule has 24 heavy (non-hydrogen) atoms. The van der Waals surface area contributed by atoms with Crippen LogP contribution in [0, 0.1) is 12.8 Å². The summed E-state index contributed by atoms with van der Waals surface area (Å²) >= 11 is 0. The van der Waals surface area contributed by atoms with Crippen LogP contribution in [0.15, 0.2) is 54.6 Å². The summed E-state index contributed by atoms with van der Waals surface area (Å²) in [5, 5.41) is 3.30. The second kappa shape index (κ2) is 7.63. The molecule has 3 heteroatoms. The van der Waals surface area contributed by atoms with Gasteiger partial charge in [-0.25, -0.2) is 0 Å². The number of benzene rings is 2. The van der Waals surface area contributed by atoms with E-state index < -0.39 is 0 Å². The zero-order chi connectivity index (χ0) is 16.9. The SMILES string of the molecule is Cc1cccc([C@@H](NC(=O)[C@@H]2CCCN(C)C2)c2ccccc2)c1. The van der Waals surface area contributed by atoms with E-state index >= 15 is 0 Å². The Labute approximate surface area is 144 Å². The highest BCUT2D eigenvalue weighted by Crippen LogP contribution is 2.24. The third-order valence-corrected chi connectivity index (χ3v) is 4.79. The fourth-order valence-electron chi connectivity index (χ4n) is 3.49. The molecule has 2 aromatic rings. The lowest BCUT2D eigenvalue weighted by Gasteiger charge is -2.30. The first-order valence-corrected chi connectivity index (χ1v) is 8.74. The van der Waals surface area contributed by atoms with Crippen molar-refractivity contribution in [1.82, 2.24) is 10.2 Å². The zero-order valence-corrected chi connectivity index (χ0v) is 14.5. The van der Waals surface area contributed by atoms with Gasteiger partial charge in [-0.15, -0.1) is 0 Å². The van der Waals surface area contributed by atoms with Crippen LogP contribution in [0.1, 0.15) is 35.6 Å². The van der Waals surface area contributed by atoms with Crippen LogP contribution in [0.5, 0.6) is 0 Å². The number of rotatable bonds is 4. The number of piperidine rings is 1. The third kappa shape index (κ3) is 4.04. The summed E-state index contributed by atoms with van der Waals surface area (Å²) in [7, 11) is 2.09. The lowest BCUT2D eigenvalue weighted by atomic mass is 9.94. The number of hydrogen-bond acceptors (Lipinski definition) is 2. The standard InChI is InChI=1S/C21H26N2O/c1-16-8-6-11-18(14-16)20(17-9-4-3-5-10-17)22-21(24)19-12-7-13-23(2)15-19/h3-6,8-11,14,19-20H,7,12-13,15H2,1-2H3,(H,22,24)/t19-,20+/m1/s1. The van der Waals surface area contributed by atoms with E-state index in [-0.39, 0.29) is 17.9 Å². The summed E-state index contributed by atoms with van der Waals surface area (Å²) in [4.78, 5) is 15.1. The van der Waals surface area contributed by atoms with Crippen LogP contribution >= 0.6 is 0 Å². The maximum Gasteiger partial charge on any atom is 0.225 e. The van der Waals surface area contributed by atoms with Gasteiger partial charge in [0.05, 0.1) is 12.0 Å². The van der Waals surface area contributed by atoms with Crippen molar-refractivity contribution < 1.29 is 4.79 Å². The first kappa shape index (κ1) is 16.7. The first-order valence-electron chi connectivity index (χ1n) is 8.74. The van der Waals surface area contributed by atoms with Crippen molar-refractivity contribution in [2.45, 2.75) is 25.8 Å². The van der Waals surface area contributed by atoms with Crippen molar-refractivity contribution in [2.75, 3.05) is 20.1 Å². The zero-order valence-electron chi connectivity index (χ0n) is 14.5. The Kier molecular flexibility index (Phi) is 5.31. The molecule has 1 amide bonds. The summed E-state index contributed by atoms with van der Waals surface area (Å²) in [6.45, 7) is 4.02. The molecule has 1 saturated heterocycles. The molecule has 2 aromatic carbocycles. The van der Waals surface area contributed by atoms with Gasteiger partial charge in [0.15, 0.2) is 0 Å². The number of amides is 1. The van der Waals surface area contributed by atoms with Gasteiger partial charge >= 0.3 is 0 Å². The molecule has 3 nitrogen and oxygen atoms in total. The number of aryl methyl sites for hydroxylation is 1. The Morgan fingerprint density at radius 1 is 1.12 bits per heavy atom. The van der Waals surface area contributed by atoms with E-state index in [0.29, 0.717) is 0 Å². The normalized spacial score (nSPS) is 19.7. The van der Waals surface area contributed by atoms with E-state index in [1.807, 2.05) is 18.2 Å². The number of likely N-dealkylation sites (tertiary alicyclic amines) is 1. The molecule has 0 aromatic heterocycles. The highest BCUT2D eigenvalue weighted by Gasteiger charge is 2.26. The van der Waals surface area contributed by atoms with Gasteiger partial charge < -0.3 is 10.2 Å². The fraction of sp³-hybridized carbons (Fsp3) is 0.381. The minimum atomic E-state index is -0.0918. The van der Waals surface area contributed by atoms with Crippen LogP contribution in [0.3, 0.4) is 0 Å². The number of carbonyl (C=O) groups is 1. The predicted octanol–water partition coefficient (Wildman–Crippen LogP) is 3.54.